The summed E-state index contributed by atoms with van der Waals surface area (Å²) in [6.07, 6.45) is 0.0804. The van der Waals surface area contributed by atoms with Crippen molar-refractivity contribution in [2.45, 2.75) is 30.1 Å². The average Bonchev–Trinajstić information content (AvgIpc) is 2.85. The number of para-hydroxylation sites is 3. The fourth-order valence-electron chi connectivity index (χ4n) is 1.96. The number of ether oxygens (including phenoxy) is 1. The molecule has 5 heteroatoms. The van der Waals surface area contributed by atoms with Gasteiger partial charge in [-0.1, -0.05) is 18.2 Å². The Morgan fingerprint density at radius 1 is 1.14 bits per heavy atom. The minimum absolute atomic E-state index is 0.0804. The van der Waals surface area contributed by atoms with Gasteiger partial charge in [-0.25, -0.2) is 4.98 Å². The van der Waals surface area contributed by atoms with Crippen LogP contribution in [0, 0.1) is 0 Å². The lowest BCUT2D eigenvalue weighted by Crippen LogP contribution is -2.07. The Morgan fingerprint density at radius 3 is 2.71 bits per heavy atom. The number of nitrogen functional groups attached to an aromatic ring is 1. The lowest BCUT2D eigenvalue weighted by molar-refractivity contribution is 0.243. The molecule has 2 N–H and O–H groups in total. The highest BCUT2D eigenvalue weighted by atomic mass is 32.2. The Labute approximate surface area is 127 Å². The number of aromatic nitrogens is 1. The molecule has 0 radical (unpaired) electrons. The number of rotatable bonds is 4. The number of nitrogens with zero attached hydrogens (tertiary/aromatic N) is 1. The lowest BCUT2D eigenvalue weighted by Gasteiger charge is -2.13. The van der Waals surface area contributed by atoms with Crippen LogP contribution in [-0.4, -0.2) is 11.1 Å². The number of nitrogens with two attached hydrogens (primary N) is 1. The van der Waals surface area contributed by atoms with Crippen LogP contribution >= 0.6 is 11.8 Å². The van der Waals surface area contributed by atoms with Crippen molar-refractivity contribution in [2.75, 3.05) is 5.73 Å². The van der Waals surface area contributed by atoms with Crippen molar-refractivity contribution in [2.24, 2.45) is 0 Å². The second-order valence-electron chi connectivity index (χ2n) is 4.88. The predicted octanol–water partition coefficient (Wildman–Crippen LogP) is 4.35. The standard InChI is InChI=1S/C16H16N2O2S/c1-10(2)19-13-8-5-9-14(15(13)17)21-16-18-11-6-3-4-7-12(11)20-16/h3-10H,17H2,1-2H3. The van der Waals surface area contributed by atoms with E-state index >= 15 is 0 Å². The van der Waals surface area contributed by atoms with Crippen molar-refractivity contribution in [3.63, 3.8) is 0 Å². The molecule has 21 heavy (non-hydrogen) atoms. The van der Waals surface area contributed by atoms with Gasteiger partial charge in [0.05, 0.1) is 11.8 Å². The SMILES string of the molecule is CC(C)Oc1cccc(Sc2nc3ccccc3o2)c1N. The van der Waals surface area contributed by atoms with Crippen molar-refractivity contribution in [1.29, 1.82) is 0 Å². The lowest BCUT2D eigenvalue weighted by atomic mass is 10.3. The fraction of sp³-hybridized carbons (Fsp3) is 0.188. The summed E-state index contributed by atoms with van der Waals surface area (Å²) in [6, 6.07) is 13.4. The molecule has 0 saturated heterocycles. The number of benzene rings is 2. The van der Waals surface area contributed by atoms with Crippen LogP contribution in [0.5, 0.6) is 5.75 Å². The third-order valence-corrected chi connectivity index (χ3v) is 3.79. The maximum Gasteiger partial charge on any atom is 0.261 e. The van der Waals surface area contributed by atoms with Gasteiger partial charge in [-0.05, 0) is 49.9 Å². The zero-order valence-corrected chi connectivity index (χ0v) is 12.7. The number of oxazole rings is 1. The Kier molecular flexibility index (Phi) is 3.75. The molecule has 0 aliphatic rings. The largest absolute Gasteiger partial charge is 0.489 e. The molecule has 0 fully saturated rings. The van der Waals surface area contributed by atoms with Gasteiger partial charge in [-0.2, -0.15) is 0 Å². The summed E-state index contributed by atoms with van der Waals surface area (Å²) in [4.78, 5) is 5.31. The summed E-state index contributed by atoms with van der Waals surface area (Å²) in [5.41, 5.74) is 8.38. The van der Waals surface area contributed by atoms with Crippen LogP contribution in [0.25, 0.3) is 11.1 Å². The van der Waals surface area contributed by atoms with Crippen LogP contribution < -0.4 is 10.5 Å². The molecule has 4 nitrogen and oxygen atoms in total. The molecule has 1 heterocycles. The van der Waals surface area contributed by atoms with E-state index in [0.717, 1.165) is 16.0 Å². The van der Waals surface area contributed by atoms with Crippen molar-refractivity contribution in [3.05, 3.63) is 42.5 Å². The van der Waals surface area contributed by atoms with Gasteiger partial charge < -0.3 is 14.9 Å². The highest BCUT2D eigenvalue weighted by molar-refractivity contribution is 7.99. The Bertz CT molecular complexity index is 735. The first-order valence-corrected chi connectivity index (χ1v) is 7.53. The molecular weight excluding hydrogens is 284 g/mol. The Hall–Kier alpha value is -2.14. The van der Waals surface area contributed by atoms with Crippen LogP contribution in [0.3, 0.4) is 0 Å². The molecule has 0 saturated carbocycles. The van der Waals surface area contributed by atoms with Gasteiger partial charge in [0.2, 0.25) is 0 Å². The predicted molar refractivity (Wildman–Crippen MR) is 84.8 cm³/mol. The molecule has 1 aromatic heterocycles. The van der Waals surface area contributed by atoms with Crippen LogP contribution in [0.1, 0.15) is 13.8 Å². The molecule has 3 aromatic rings. The van der Waals surface area contributed by atoms with E-state index in [2.05, 4.69) is 4.98 Å². The van der Waals surface area contributed by atoms with Crippen LogP contribution in [0.4, 0.5) is 5.69 Å². The molecule has 2 aromatic carbocycles. The summed E-state index contributed by atoms with van der Waals surface area (Å²) in [5, 5.41) is 0.574. The van der Waals surface area contributed by atoms with E-state index in [1.54, 1.807) is 0 Å². The molecule has 0 atom stereocenters. The number of hydrogen-bond acceptors (Lipinski definition) is 5. The van der Waals surface area contributed by atoms with E-state index in [9.17, 15) is 0 Å². The highest BCUT2D eigenvalue weighted by Crippen LogP contribution is 2.37. The smallest absolute Gasteiger partial charge is 0.261 e. The monoisotopic (exact) mass is 300 g/mol. The average molecular weight is 300 g/mol. The highest BCUT2D eigenvalue weighted by Gasteiger charge is 2.12. The van der Waals surface area contributed by atoms with Gasteiger partial charge in [0, 0.05) is 4.90 Å². The summed E-state index contributed by atoms with van der Waals surface area (Å²) in [6.45, 7) is 3.94. The first kappa shape index (κ1) is 13.8. The zero-order chi connectivity index (χ0) is 14.8. The molecular formula is C16H16N2O2S. The molecule has 0 unspecified atom stereocenters. The van der Waals surface area contributed by atoms with E-state index in [1.165, 1.54) is 11.8 Å². The Morgan fingerprint density at radius 2 is 1.95 bits per heavy atom. The summed E-state index contributed by atoms with van der Waals surface area (Å²) in [7, 11) is 0. The summed E-state index contributed by atoms with van der Waals surface area (Å²) >= 11 is 1.40. The molecule has 0 bridgehead atoms. The molecule has 0 amide bonds. The van der Waals surface area contributed by atoms with Crippen molar-refractivity contribution >= 4 is 28.5 Å². The van der Waals surface area contributed by atoms with Crippen molar-refractivity contribution < 1.29 is 9.15 Å². The second-order valence-corrected chi connectivity index (χ2v) is 5.88. The van der Waals surface area contributed by atoms with E-state index in [1.807, 2.05) is 56.3 Å². The van der Waals surface area contributed by atoms with Gasteiger partial charge in [0.25, 0.3) is 5.22 Å². The van der Waals surface area contributed by atoms with Gasteiger partial charge >= 0.3 is 0 Å². The summed E-state index contributed by atoms with van der Waals surface area (Å²) < 4.78 is 11.4. The maximum atomic E-state index is 6.16. The van der Waals surface area contributed by atoms with E-state index in [0.29, 0.717) is 16.7 Å². The van der Waals surface area contributed by atoms with E-state index < -0.39 is 0 Å². The third kappa shape index (κ3) is 2.97. The molecule has 0 spiro atoms. The quantitative estimate of drug-likeness (QED) is 0.726. The molecule has 3 rings (SSSR count). The minimum Gasteiger partial charge on any atom is -0.489 e. The molecule has 0 aliphatic carbocycles. The minimum atomic E-state index is 0.0804. The van der Waals surface area contributed by atoms with Gasteiger partial charge in [-0.15, -0.1) is 0 Å². The first-order valence-electron chi connectivity index (χ1n) is 6.72. The van der Waals surface area contributed by atoms with Crippen LogP contribution in [0.15, 0.2) is 57.0 Å². The fourth-order valence-corrected chi connectivity index (χ4v) is 2.78. The normalized spacial score (nSPS) is 11.2. The number of hydrogen-bond donors (Lipinski definition) is 1. The Balaban J connectivity index is 1.90. The van der Waals surface area contributed by atoms with Crippen molar-refractivity contribution in [1.82, 2.24) is 4.98 Å². The van der Waals surface area contributed by atoms with Crippen LogP contribution in [-0.2, 0) is 0 Å². The maximum absolute atomic E-state index is 6.16. The van der Waals surface area contributed by atoms with Gasteiger partial charge in [-0.3, -0.25) is 0 Å². The van der Waals surface area contributed by atoms with Crippen LogP contribution in [0.2, 0.25) is 0 Å². The molecule has 108 valence electrons. The topological polar surface area (TPSA) is 61.3 Å². The first-order chi connectivity index (χ1) is 10.1. The molecule has 0 aliphatic heterocycles. The summed E-state index contributed by atoms with van der Waals surface area (Å²) in [5.74, 6) is 0.686. The third-order valence-electron chi connectivity index (χ3n) is 2.86. The van der Waals surface area contributed by atoms with E-state index in [4.69, 9.17) is 14.9 Å². The second kappa shape index (κ2) is 5.69. The zero-order valence-electron chi connectivity index (χ0n) is 11.9. The van der Waals surface area contributed by atoms with Gasteiger partial charge in [0.15, 0.2) is 5.58 Å². The van der Waals surface area contributed by atoms with Gasteiger partial charge in [0.1, 0.15) is 11.3 Å². The number of anilines is 1. The van der Waals surface area contributed by atoms with E-state index in [-0.39, 0.29) is 6.10 Å². The number of fused-ring (bicyclic) bond motifs is 1. The van der Waals surface area contributed by atoms with Crippen molar-refractivity contribution in [3.8, 4) is 5.75 Å².